The van der Waals surface area contributed by atoms with Gasteiger partial charge < -0.3 is 0 Å². The monoisotopic (exact) mass is 344 g/mol. The smallest absolute Gasteiger partial charge is 0.259 e. The van der Waals surface area contributed by atoms with Crippen LogP contribution in [-0.2, 0) is 26.8 Å². The molecule has 1 fully saturated rings. The number of hydrogen-bond acceptors (Lipinski definition) is 3. The SMILES string of the molecule is O=[S@](CCNS(=O)(=O)N1CCCCCC1)Cc1ccccc1. The van der Waals surface area contributed by atoms with Crippen LogP contribution in [0.4, 0.5) is 0 Å². The van der Waals surface area contributed by atoms with Gasteiger partial charge >= 0.3 is 0 Å². The highest BCUT2D eigenvalue weighted by Gasteiger charge is 2.22. The zero-order chi connectivity index (χ0) is 15.8. The van der Waals surface area contributed by atoms with Crippen LogP contribution in [0.5, 0.6) is 0 Å². The molecule has 1 aromatic rings. The zero-order valence-corrected chi connectivity index (χ0v) is 14.4. The normalized spacial score (nSPS) is 18.7. The van der Waals surface area contributed by atoms with Gasteiger partial charge in [-0.05, 0) is 18.4 Å². The Morgan fingerprint density at radius 3 is 2.32 bits per heavy atom. The number of rotatable bonds is 7. The maximum absolute atomic E-state index is 12.2. The Hall–Kier alpha value is -0.760. The number of nitrogens with zero attached hydrogens (tertiary/aromatic N) is 1. The first-order valence-corrected chi connectivity index (χ1v) is 10.6. The minimum atomic E-state index is -3.43. The van der Waals surface area contributed by atoms with Crippen LogP contribution in [0.2, 0.25) is 0 Å². The van der Waals surface area contributed by atoms with Gasteiger partial charge in [-0.1, -0.05) is 43.2 Å². The van der Waals surface area contributed by atoms with Crippen LogP contribution in [0.1, 0.15) is 31.2 Å². The molecule has 2 rings (SSSR count). The predicted octanol–water partition coefficient (Wildman–Crippen LogP) is 1.65. The van der Waals surface area contributed by atoms with Gasteiger partial charge in [0.2, 0.25) is 0 Å². The predicted molar refractivity (Wildman–Crippen MR) is 90.1 cm³/mol. The third-order valence-electron chi connectivity index (χ3n) is 3.69. The molecule has 1 aliphatic rings. The van der Waals surface area contributed by atoms with E-state index in [2.05, 4.69) is 4.72 Å². The first-order valence-electron chi connectivity index (χ1n) is 7.71. The van der Waals surface area contributed by atoms with Crippen molar-refractivity contribution in [2.45, 2.75) is 31.4 Å². The van der Waals surface area contributed by atoms with Gasteiger partial charge in [-0.3, -0.25) is 4.21 Å². The Kier molecular flexibility index (Phi) is 7.01. The van der Waals surface area contributed by atoms with Gasteiger partial charge in [0, 0.05) is 41.9 Å². The Bertz CT molecular complexity index is 568. The van der Waals surface area contributed by atoms with E-state index >= 15 is 0 Å². The maximum atomic E-state index is 12.2. The molecule has 1 N–H and O–H groups in total. The molecule has 0 saturated carbocycles. The highest BCUT2D eigenvalue weighted by molar-refractivity contribution is 7.87. The van der Waals surface area contributed by atoms with E-state index in [1.165, 1.54) is 4.31 Å². The van der Waals surface area contributed by atoms with Crippen LogP contribution in [0.3, 0.4) is 0 Å². The molecule has 1 aromatic carbocycles. The van der Waals surface area contributed by atoms with Crippen LogP contribution in [0, 0.1) is 0 Å². The maximum Gasteiger partial charge on any atom is 0.279 e. The fourth-order valence-electron chi connectivity index (χ4n) is 2.49. The summed E-state index contributed by atoms with van der Waals surface area (Å²) in [7, 11) is -4.49. The third kappa shape index (κ3) is 5.79. The summed E-state index contributed by atoms with van der Waals surface area (Å²) < 4.78 is 40.5. The Balaban J connectivity index is 1.76. The van der Waals surface area contributed by atoms with E-state index in [1.807, 2.05) is 30.3 Å². The Morgan fingerprint density at radius 1 is 1.05 bits per heavy atom. The summed E-state index contributed by atoms with van der Waals surface area (Å²) in [6.07, 6.45) is 4.02. The Morgan fingerprint density at radius 2 is 1.68 bits per heavy atom. The standard InChI is InChI=1S/C15H24N2O3S2/c18-21(14-15-8-4-3-5-9-15)13-10-16-22(19,20)17-11-6-1-2-7-12-17/h3-5,8-9,16H,1-2,6-7,10-14H2/t21-/m1/s1. The molecular weight excluding hydrogens is 320 g/mol. The lowest BCUT2D eigenvalue weighted by Gasteiger charge is -2.20. The molecule has 0 aliphatic carbocycles. The van der Waals surface area contributed by atoms with Crippen LogP contribution < -0.4 is 4.72 Å². The van der Waals surface area contributed by atoms with Crippen molar-refractivity contribution in [1.82, 2.24) is 9.03 Å². The van der Waals surface area contributed by atoms with Gasteiger partial charge in [0.15, 0.2) is 0 Å². The zero-order valence-electron chi connectivity index (χ0n) is 12.7. The molecule has 5 nitrogen and oxygen atoms in total. The van der Waals surface area contributed by atoms with E-state index < -0.39 is 21.0 Å². The second-order valence-electron chi connectivity index (χ2n) is 5.49. The summed E-state index contributed by atoms with van der Waals surface area (Å²) in [5.41, 5.74) is 1.01. The van der Waals surface area contributed by atoms with Crippen LogP contribution >= 0.6 is 0 Å². The van der Waals surface area contributed by atoms with E-state index in [0.29, 0.717) is 24.6 Å². The summed E-state index contributed by atoms with van der Waals surface area (Å²) in [5, 5.41) is 0. The summed E-state index contributed by atoms with van der Waals surface area (Å²) in [4.78, 5) is 0. The summed E-state index contributed by atoms with van der Waals surface area (Å²) in [5.74, 6) is 0.800. The molecule has 1 heterocycles. The topological polar surface area (TPSA) is 66.5 Å². The first kappa shape index (κ1) is 17.6. The third-order valence-corrected chi connectivity index (χ3v) is 6.62. The lowest BCUT2D eigenvalue weighted by molar-refractivity contribution is 0.416. The van der Waals surface area contributed by atoms with Crippen LogP contribution in [0.25, 0.3) is 0 Å². The number of hydrogen-bond donors (Lipinski definition) is 1. The van der Waals surface area contributed by atoms with Crippen molar-refractivity contribution in [3.63, 3.8) is 0 Å². The molecule has 1 saturated heterocycles. The first-order chi connectivity index (χ1) is 10.6. The van der Waals surface area contributed by atoms with Crippen molar-refractivity contribution in [1.29, 1.82) is 0 Å². The molecule has 0 bridgehead atoms. The lowest BCUT2D eigenvalue weighted by Crippen LogP contribution is -2.42. The minimum absolute atomic E-state index is 0.221. The molecule has 1 atom stereocenters. The quantitative estimate of drug-likeness (QED) is 0.818. The minimum Gasteiger partial charge on any atom is -0.259 e. The summed E-state index contributed by atoms with van der Waals surface area (Å²) in [6.45, 7) is 1.39. The Labute approximate surface area is 135 Å². The van der Waals surface area contributed by atoms with E-state index in [0.717, 1.165) is 31.2 Å². The highest BCUT2D eigenvalue weighted by Crippen LogP contribution is 2.12. The van der Waals surface area contributed by atoms with E-state index in [4.69, 9.17) is 0 Å². The van der Waals surface area contributed by atoms with Gasteiger partial charge in [-0.2, -0.15) is 12.7 Å². The van der Waals surface area contributed by atoms with Crippen molar-refractivity contribution in [3.8, 4) is 0 Å². The van der Waals surface area contributed by atoms with Gasteiger partial charge in [0.05, 0.1) is 0 Å². The van der Waals surface area contributed by atoms with Gasteiger partial charge in [-0.25, -0.2) is 4.72 Å². The van der Waals surface area contributed by atoms with E-state index in [1.54, 1.807) is 0 Å². The van der Waals surface area contributed by atoms with E-state index in [9.17, 15) is 12.6 Å². The van der Waals surface area contributed by atoms with Crippen LogP contribution in [0.15, 0.2) is 30.3 Å². The molecule has 0 radical (unpaired) electrons. The average molecular weight is 345 g/mol. The fraction of sp³-hybridized carbons (Fsp3) is 0.600. The molecule has 22 heavy (non-hydrogen) atoms. The van der Waals surface area contributed by atoms with E-state index in [-0.39, 0.29) is 6.54 Å². The molecule has 0 unspecified atom stereocenters. The summed E-state index contributed by atoms with van der Waals surface area (Å²) >= 11 is 0. The molecule has 124 valence electrons. The van der Waals surface area contributed by atoms with Crippen molar-refractivity contribution in [2.24, 2.45) is 0 Å². The number of nitrogens with one attached hydrogen (secondary N) is 1. The largest absolute Gasteiger partial charge is 0.279 e. The van der Waals surface area contributed by atoms with Gasteiger partial charge in [-0.15, -0.1) is 0 Å². The van der Waals surface area contributed by atoms with Crippen molar-refractivity contribution in [3.05, 3.63) is 35.9 Å². The molecule has 0 amide bonds. The second-order valence-corrected chi connectivity index (χ2v) is 8.82. The van der Waals surface area contributed by atoms with Crippen molar-refractivity contribution in [2.75, 3.05) is 25.4 Å². The average Bonchev–Trinajstić information content (AvgIpc) is 2.77. The van der Waals surface area contributed by atoms with Crippen molar-refractivity contribution >= 4 is 21.0 Å². The molecular formula is C15H24N2O3S2. The van der Waals surface area contributed by atoms with Crippen molar-refractivity contribution < 1.29 is 12.6 Å². The highest BCUT2D eigenvalue weighted by atomic mass is 32.2. The molecule has 0 aromatic heterocycles. The van der Waals surface area contributed by atoms with Gasteiger partial charge in [0.1, 0.15) is 0 Å². The van der Waals surface area contributed by atoms with Gasteiger partial charge in [0.25, 0.3) is 10.2 Å². The number of benzene rings is 1. The lowest BCUT2D eigenvalue weighted by atomic mass is 10.2. The molecule has 1 aliphatic heterocycles. The fourth-order valence-corrected chi connectivity index (χ4v) is 4.94. The second kappa shape index (κ2) is 8.76. The summed E-state index contributed by atoms with van der Waals surface area (Å²) in [6, 6.07) is 9.60. The molecule has 7 heteroatoms. The molecule has 0 spiro atoms. The van der Waals surface area contributed by atoms with Crippen LogP contribution in [-0.4, -0.2) is 42.3 Å².